The lowest BCUT2D eigenvalue weighted by atomic mass is 10.1. The highest BCUT2D eigenvalue weighted by molar-refractivity contribution is 6.31. The summed E-state index contributed by atoms with van der Waals surface area (Å²) >= 11 is 5.98. The van der Waals surface area contributed by atoms with Crippen LogP contribution in [0.1, 0.15) is 25.5 Å². The van der Waals surface area contributed by atoms with Gasteiger partial charge in [-0.1, -0.05) is 41.9 Å². The van der Waals surface area contributed by atoms with Gasteiger partial charge < -0.3 is 15.4 Å². The lowest BCUT2D eigenvalue weighted by molar-refractivity contribution is -0.127. The maximum Gasteiger partial charge on any atom is 0.238 e. The van der Waals surface area contributed by atoms with E-state index in [2.05, 4.69) is 10.6 Å². The third kappa shape index (κ3) is 5.97. The van der Waals surface area contributed by atoms with E-state index < -0.39 is 6.04 Å². The van der Waals surface area contributed by atoms with E-state index in [1.54, 1.807) is 37.1 Å². The minimum atomic E-state index is -0.474. The Labute approximate surface area is 170 Å². The third-order valence-electron chi connectivity index (χ3n) is 4.53. The Bertz CT molecular complexity index is 814. The molecule has 6 nitrogen and oxygen atoms in total. The highest BCUT2D eigenvalue weighted by Crippen LogP contribution is 2.27. The van der Waals surface area contributed by atoms with E-state index in [-0.39, 0.29) is 24.4 Å². The lowest BCUT2D eigenvalue weighted by Crippen LogP contribution is -2.46. The smallest absolute Gasteiger partial charge is 0.238 e. The van der Waals surface area contributed by atoms with Crippen LogP contribution in [0.15, 0.2) is 48.5 Å². The second-order valence-electron chi connectivity index (χ2n) is 6.62. The van der Waals surface area contributed by atoms with Crippen molar-refractivity contribution in [3.63, 3.8) is 0 Å². The van der Waals surface area contributed by atoms with E-state index in [0.717, 1.165) is 5.56 Å². The number of hydrogen-bond acceptors (Lipinski definition) is 4. The molecule has 2 amide bonds. The van der Waals surface area contributed by atoms with Gasteiger partial charge in [0.15, 0.2) is 0 Å². The number of nitrogens with one attached hydrogen (secondary N) is 2. The Balaban J connectivity index is 1.92. The molecule has 0 heterocycles. The van der Waals surface area contributed by atoms with E-state index in [4.69, 9.17) is 16.3 Å². The molecule has 0 saturated carbocycles. The molecule has 150 valence electrons. The number of carbonyl (C=O) groups excluding carboxylic acids is 2. The van der Waals surface area contributed by atoms with Gasteiger partial charge in [0, 0.05) is 5.02 Å². The largest absolute Gasteiger partial charge is 0.495 e. The SMILES string of the molecule is COc1ccc(Cl)cc1NC(=O)CN(C)[C@@H](C)C(=O)N[C@@H](C)c1ccccc1. The fourth-order valence-corrected chi connectivity index (χ4v) is 2.86. The number of amides is 2. The van der Waals surface area contributed by atoms with E-state index in [1.807, 2.05) is 37.3 Å². The number of anilines is 1. The molecule has 2 N–H and O–H groups in total. The van der Waals surface area contributed by atoms with Crippen molar-refractivity contribution in [3.8, 4) is 5.75 Å². The summed E-state index contributed by atoms with van der Waals surface area (Å²) in [6.07, 6.45) is 0. The summed E-state index contributed by atoms with van der Waals surface area (Å²) < 4.78 is 5.23. The molecular formula is C21H26ClN3O3. The molecular weight excluding hydrogens is 378 g/mol. The van der Waals surface area contributed by atoms with Gasteiger partial charge in [-0.2, -0.15) is 0 Å². The van der Waals surface area contributed by atoms with Crippen LogP contribution < -0.4 is 15.4 Å². The van der Waals surface area contributed by atoms with Crippen LogP contribution >= 0.6 is 11.6 Å². The molecule has 0 fully saturated rings. The molecule has 2 atom stereocenters. The maximum atomic E-state index is 12.5. The zero-order valence-corrected chi connectivity index (χ0v) is 17.3. The third-order valence-corrected chi connectivity index (χ3v) is 4.76. The van der Waals surface area contributed by atoms with Crippen LogP contribution in [0.2, 0.25) is 5.02 Å². The quantitative estimate of drug-likeness (QED) is 0.707. The molecule has 0 aliphatic heterocycles. The van der Waals surface area contributed by atoms with Crippen LogP contribution in [0.4, 0.5) is 5.69 Å². The lowest BCUT2D eigenvalue weighted by Gasteiger charge is -2.25. The van der Waals surface area contributed by atoms with Crippen LogP contribution in [0.5, 0.6) is 5.75 Å². The van der Waals surface area contributed by atoms with E-state index >= 15 is 0 Å². The fraction of sp³-hybridized carbons (Fsp3) is 0.333. The predicted molar refractivity (Wildman–Crippen MR) is 112 cm³/mol. The van der Waals surface area contributed by atoms with E-state index in [9.17, 15) is 9.59 Å². The highest BCUT2D eigenvalue weighted by atomic mass is 35.5. The number of benzene rings is 2. The molecule has 0 saturated heterocycles. The average molecular weight is 404 g/mol. The van der Waals surface area contributed by atoms with Crippen molar-refractivity contribution in [2.45, 2.75) is 25.9 Å². The van der Waals surface area contributed by atoms with Crippen molar-refractivity contribution in [1.82, 2.24) is 10.2 Å². The van der Waals surface area contributed by atoms with Gasteiger partial charge in [-0.05, 0) is 44.7 Å². The van der Waals surface area contributed by atoms with Crippen molar-refractivity contribution in [2.24, 2.45) is 0 Å². The van der Waals surface area contributed by atoms with Crippen molar-refractivity contribution < 1.29 is 14.3 Å². The second-order valence-corrected chi connectivity index (χ2v) is 7.06. The molecule has 2 aromatic rings. The first-order valence-electron chi connectivity index (χ1n) is 9.00. The summed E-state index contributed by atoms with van der Waals surface area (Å²) in [5, 5.41) is 6.24. The highest BCUT2D eigenvalue weighted by Gasteiger charge is 2.22. The number of likely N-dealkylation sites (N-methyl/N-ethyl adjacent to an activating group) is 1. The standard InChI is InChI=1S/C21H26ClN3O3/c1-14(16-8-6-5-7-9-16)23-21(27)15(2)25(3)13-20(26)24-18-12-17(22)10-11-19(18)28-4/h5-12,14-15H,13H2,1-4H3,(H,23,27)(H,24,26)/t14-,15-/m0/s1. The summed E-state index contributed by atoms with van der Waals surface area (Å²) in [6, 6.07) is 14.1. The number of hydrogen-bond donors (Lipinski definition) is 2. The number of carbonyl (C=O) groups is 2. The number of nitrogens with zero attached hydrogens (tertiary/aromatic N) is 1. The zero-order chi connectivity index (χ0) is 20.7. The first-order chi connectivity index (χ1) is 13.3. The predicted octanol–water partition coefficient (Wildman–Crippen LogP) is 3.48. The fourth-order valence-electron chi connectivity index (χ4n) is 2.69. The zero-order valence-electron chi connectivity index (χ0n) is 16.5. The maximum absolute atomic E-state index is 12.5. The normalized spacial score (nSPS) is 12.9. The first kappa shape index (κ1) is 21.7. The van der Waals surface area contributed by atoms with Crippen LogP contribution in [0.25, 0.3) is 0 Å². The van der Waals surface area contributed by atoms with Crippen molar-refractivity contribution in [1.29, 1.82) is 0 Å². The number of rotatable bonds is 8. The monoisotopic (exact) mass is 403 g/mol. The first-order valence-corrected chi connectivity index (χ1v) is 9.38. The van der Waals surface area contributed by atoms with Gasteiger partial charge in [-0.3, -0.25) is 14.5 Å². The second kappa shape index (κ2) is 10.1. The average Bonchev–Trinajstić information content (AvgIpc) is 2.68. The van der Waals surface area contributed by atoms with Crippen molar-refractivity contribution in [2.75, 3.05) is 26.0 Å². The van der Waals surface area contributed by atoms with Crippen LogP contribution in [-0.2, 0) is 9.59 Å². The molecule has 0 spiro atoms. The molecule has 2 aromatic carbocycles. The van der Waals surface area contributed by atoms with Crippen LogP contribution in [0, 0.1) is 0 Å². The summed E-state index contributed by atoms with van der Waals surface area (Å²) in [6.45, 7) is 3.74. The van der Waals surface area contributed by atoms with Gasteiger partial charge in [-0.15, -0.1) is 0 Å². The van der Waals surface area contributed by atoms with Crippen molar-refractivity contribution in [3.05, 3.63) is 59.1 Å². The van der Waals surface area contributed by atoms with Crippen LogP contribution in [-0.4, -0.2) is 43.5 Å². The summed E-state index contributed by atoms with van der Waals surface area (Å²) in [5.74, 6) is 0.105. The minimum Gasteiger partial charge on any atom is -0.495 e. The molecule has 28 heavy (non-hydrogen) atoms. The topological polar surface area (TPSA) is 70.7 Å². The minimum absolute atomic E-state index is 0.0456. The van der Waals surface area contributed by atoms with E-state index in [0.29, 0.717) is 16.5 Å². The summed E-state index contributed by atoms with van der Waals surface area (Å²) in [7, 11) is 3.25. The Hall–Kier alpha value is -2.57. The number of methoxy groups -OCH3 is 1. The van der Waals surface area contributed by atoms with E-state index in [1.165, 1.54) is 7.11 Å². The molecule has 0 aliphatic carbocycles. The Morgan fingerprint density at radius 2 is 1.82 bits per heavy atom. The Morgan fingerprint density at radius 1 is 1.14 bits per heavy atom. The van der Waals surface area contributed by atoms with Crippen molar-refractivity contribution >= 4 is 29.1 Å². The van der Waals surface area contributed by atoms with Crippen LogP contribution in [0.3, 0.4) is 0 Å². The molecule has 0 unspecified atom stereocenters. The molecule has 0 bridgehead atoms. The van der Waals surface area contributed by atoms with Gasteiger partial charge in [0.1, 0.15) is 5.75 Å². The number of ether oxygens (including phenoxy) is 1. The summed E-state index contributed by atoms with van der Waals surface area (Å²) in [4.78, 5) is 26.6. The van der Waals surface area contributed by atoms with Gasteiger partial charge in [0.05, 0.1) is 31.4 Å². The number of halogens is 1. The Kier molecular flexibility index (Phi) is 7.84. The molecule has 0 radical (unpaired) electrons. The Morgan fingerprint density at radius 3 is 2.46 bits per heavy atom. The molecule has 7 heteroatoms. The summed E-state index contributed by atoms with van der Waals surface area (Å²) in [5.41, 5.74) is 1.51. The molecule has 2 rings (SSSR count). The van der Waals surface area contributed by atoms with Gasteiger partial charge in [0.25, 0.3) is 0 Å². The molecule has 0 aromatic heterocycles. The van der Waals surface area contributed by atoms with Gasteiger partial charge in [-0.25, -0.2) is 0 Å². The molecule has 0 aliphatic rings. The van der Waals surface area contributed by atoms with Gasteiger partial charge >= 0.3 is 0 Å². The van der Waals surface area contributed by atoms with Gasteiger partial charge in [0.2, 0.25) is 11.8 Å².